The zero-order valence-corrected chi connectivity index (χ0v) is 24.3. The molecule has 0 saturated heterocycles. The number of benzene rings is 2. The van der Waals surface area contributed by atoms with Crippen LogP contribution in [0.25, 0.3) is 0 Å². The number of amides is 2. The van der Waals surface area contributed by atoms with Gasteiger partial charge in [0, 0.05) is 14.8 Å². The molecule has 0 radical (unpaired) electrons. The van der Waals surface area contributed by atoms with Crippen LogP contribution in [0.3, 0.4) is 0 Å². The van der Waals surface area contributed by atoms with E-state index in [4.69, 9.17) is 23.7 Å². The zero-order valence-electron chi connectivity index (χ0n) is 22.2. The van der Waals surface area contributed by atoms with E-state index in [1.807, 2.05) is 19.1 Å². The van der Waals surface area contributed by atoms with E-state index in [1.165, 1.54) is 20.4 Å². The molecule has 0 spiro atoms. The van der Waals surface area contributed by atoms with E-state index in [2.05, 4.69) is 43.8 Å². The summed E-state index contributed by atoms with van der Waals surface area (Å²) in [6.07, 6.45) is 0.362. The second kappa shape index (κ2) is 13.9. The summed E-state index contributed by atoms with van der Waals surface area (Å²) >= 11 is 2.16. The lowest BCUT2D eigenvalue weighted by Crippen LogP contribution is -2.45. The van der Waals surface area contributed by atoms with E-state index in [1.54, 1.807) is 32.2 Å². The quantitative estimate of drug-likeness (QED) is 0.0892. The molecule has 2 amide bonds. The van der Waals surface area contributed by atoms with E-state index in [0.717, 1.165) is 3.57 Å². The predicted octanol–water partition coefficient (Wildman–Crippen LogP) is 2.83. The molecule has 1 aliphatic rings. The van der Waals surface area contributed by atoms with Crippen molar-refractivity contribution in [3.8, 4) is 23.0 Å². The number of nitrogens with one attached hydrogen (secondary N) is 3. The van der Waals surface area contributed by atoms with E-state index < -0.39 is 24.3 Å². The highest BCUT2D eigenvalue weighted by molar-refractivity contribution is 14.1. The number of hydrogen-bond donors (Lipinski definition) is 4. The topological polar surface area (TPSA) is 149 Å². The van der Waals surface area contributed by atoms with Gasteiger partial charge in [0.1, 0.15) is 6.61 Å². The number of rotatable bonds is 12. The van der Waals surface area contributed by atoms with Crippen molar-refractivity contribution in [2.75, 3.05) is 34.5 Å². The van der Waals surface area contributed by atoms with Crippen LogP contribution in [0.5, 0.6) is 23.0 Å². The fourth-order valence-corrected chi connectivity index (χ4v) is 4.49. The van der Waals surface area contributed by atoms with Gasteiger partial charge in [-0.3, -0.25) is 5.43 Å². The van der Waals surface area contributed by atoms with Gasteiger partial charge < -0.3 is 39.4 Å². The first-order valence-corrected chi connectivity index (χ1v) is 12.9. The first-order chi connectivity index (χ1) is 18.7. The Morgan fingerprint density at radius 3 is 2.59 bits per heavy atom. The second-order valence-electron chi connectivity index (χ2n) is 8.15. The summed E-state index contributed by atoms with van der Waals surface area (Å²) in [5, 5.41) is 19.8. The summed E-state index contributed by atoms with van der Waals surface area (Å²) in [6.45, 7) is 3.62. The third-order valence-electron chi connectivity index (χ3n) is 5.57. The van der Waals surface area contributed by atoms with Gasteiger partial charge in [0.25, 0.3) is 0 Å². The standard InChI is InChI=1S/C26H31IN4O8/c1-6-38-19-10-15(23-22(25(33)37-5)14(2)29-26(34)30-23)7-8-18(19)39-13-21(32)31-28-12-16-9-17(27)11-20(35-3)24(16)36-4/h7-12,21,23,31-32H,6,13H2,1-5H3,(H2,29,30,34)/b28-12+/t21-,23+/m0/s1. The summed E-state index contributed by atoms with van der Waals surface area (Å²) in [7, 11) is 4.36. The monoisotopic (exact) mass is 654 g/mol. The molecule has 0 aliphatic carbocycles. The van der Waals surface area contributed by atoms with Gasteiger partial charge in [-0.2, -0.15) is 5.10 Å². The normalized spacial score (nSPS) is 15.8. The van der Waals surface area contributed by atoms with Crippen LogP contribution in [0, 0.1) is 3.57 Å². The van der Waals surface area contributed by atoms with Crippen LogP contribution in [0.15, 0.2) is 46.7 Å². The Morgan fingerprint density at radius 1 is 1.15 bits per heavy atom. The number of nitrogens with zero attached hydrogens (tertiary/aromatic N) is 1. The number of aliphatic hydroxyl groups is 1. The number of allylic oxidation sites excluding steroid dienone is 1. The Labute approximate surface area is 239 Å². The number of aliphatic hydroxyl groups excluding tert-OH is 1. The fourth-order valence-electron chi connectivity index (χ4n) is 3.87. The number of halogens is 1. The van der Waals surface area contributed by atoms with Crippen molar-refractivity contribution >= 4 is 40.8 Å². The van der Waals surface area contributed by atoms with Gasteiger partial charge in [0.05, 0.1) is 45.8 Å². The Morgan fingerprint density at radius 2 is 1.92 bits per heavy atom. The maximum Gasteiger partial charge on any atom is 0.337 e. The Bertz CT molecular complexity index is 1270. The third kappa shape index (κ3) is 7.44. The molecular weight excluding hydrogens is 623 g/mol. The molecule has 39 heavy (non-hydrogen) atoms. The number of methoxy groups -OCH3 is 3. The van der Waals surface area contributed by atoms with Crippen molar-refractivity contribution in [1.82, 2.24) is 16.1 Å². The minimum absolute atomic E-state index is 0.153. The van der Waals surface area contributed by atoms with Gasteiger partial charge >= 0.3 is 12.0 Å². The lowest BCUT2D eigenvalue weighted by atomic mass is 9.95. The second-order valence-corrected chi connectivity index (χ2v) is 9.39. The van der Waals surface area contributed by atoms with Crippen LogP contribution in [-0.2, 0) is 9.53 Å². The summed E-state index contributed by atoms with van der Waals surface area (Å²) in [4.78, 5) is 24.5. The van der Waals surface area contributed by atoms with Crippen LogP contribution in [0.1, 0.15) is 31.0 Å². The lowest BCUT2D eigenvalue weighted by molar-refractivity contribution is -0.136. The van der Waals surface area contributed by atoms with Gasteiger partial charge in [-0.25, -0.2) is 9.59 Å². The molecule has 2 aromatic rings. The van der Waals surface area contributed by atoms with Crippen LogP contribution in [-0.4, -0.2) is 64.1 Å². The summed E-state index contributed by atoms with van der Waals surface area (Å²) in [5.74, 6) is 1.24. The molecular formula is C26H31IN4O8. The Hall–Kier alpha value is -3.72. The number of carbonyl (C=O) groups is 2. The van der Waals surface area contributed by atoms with Crippen LogP contribution >= 0.6 is 22.6 Å². The van der Waals surface area contributed by atoms with Crippen molar-refractivity contribution in [3.63, 3.8) is 0 Å². The molecule has 4 N–H and O–H groups in total. The minimum Gasteiger partial charge on any atom is -0.493 e. The maximum absolute atomic E-state index is 12.4. The number of hydrogen-bond acceptors (Lipinski definition) is 10. The summed E-state index contributed by atoms with van der Waals surface area (Å²) in [5.41, 5.74) is 4.52. The summed E-state index contributed by atoms with van der Waals surface area (Å²) < 4.78 is 28.1. The predicted molar refractivity (Wildman–Crippen MR) is 151 cm³/mol. The third-order valence-corrected chi connectivity index (χ3v) is 6.19. The largest absolute Gasteiger partial charge is 0.493 e. The minimum atomic E-state index is -1.15. The van der Waals surface area contributed by atoms with Crippen LogP contribution in [0.2, 0.25) is 0 Å². The van der Waals surface area contributed by atoms with Crippen LogP contribution in [0.4, 0.5) is 4.79 Å². The van der Waals surface area contributed by atoms with Crippen molar-refractivity contribution in [2.24, 2.45) is 5.10 Å². The highest BCUT2D eigenvalue weighted by Gasteiger charge is 2.32. The average Bonchev–Trinajstić information content (AvgIpc) is 2.91. The zero-order chi connectivity index (χ0) is 28.5. The number of esters is 1. The van der Waals surface area contributed by atoms with Gasteiger partial charge in [0.15, 0.2) is 29.2 Å². The number of ether oxygens (including phenoxy) is 5. The van der Waals surface area contributed by atoms with Gasteiger partial charge in [-0.15, -0.1) is 0 Å². The lowest BCUT2D eigenvalue weighted by Gasteiger charge is -2.28. The molecule has 0 saturated carbocycles. The van der Waals surface area contributed by atoms with E-state index >= 15 is 0 Å². The highest BCUT2D eigenvalue weighted by atomic mass is 127. The van der Waals surface area contributed by atoms with Crippen molar-refractivity contribution in [1.29, 1.82) is 0 Å². The Kier molecular flexibility index (Phi) is 10.6. The molecule has 3 rings (SSSR count). The molecule has 210 valence electrons. The summed E-state index contributed by atoms with van der Waals surface area (Å²) in [6, 6.07) is 7.49. The maximum atomic E-state index is 12.4. The first-order valence-electron chi connectivity index (χ1n) is 11.9. The fraction of sp³-hybridized carbons (Fsp3) is 0.346. The van der Waals surface area contributed by atoms with Gasteiger partial charge in [0.2, 0.25) is 0 Å². The van der Waals surface area contributed by atoms with Crippen molar-refractivity contribution in [3.05, 3.63) is 56.3 Å². The van der Waals surface area contributed by atoms with E-state index in [9.17, 15) is 14.7 Å². The molecule has 1 heterocycles. The molecule has 2 aromatic carbocycles. The molecule has 2 atom stereocenters. The van der Waals surface area contributed by atoms with Crippen molar-refractivity contribution in [2.45, 2.75) is 26.1 Å². The number of carbonyl (C=O) groups excluding carboxylic acids is 2. The number of urea groups is 1. The van der Waals surface area contributed by atoms with Gasteiger partial charge in [-0.1, -0.05) is 6.07 Å². The highest BCUT2D eigenvalue weighted by Crippen LogP contribution is 2.35. The molecule has 1 aliphatic heterocycles. The number of hydrazone groups is 1. The average molecular weight is 654 g/mol. The smallest absolute Gasteiger partial charge is 0.337 e. The van der Waals surface area contributed by atoms with E-state index in [0.29, 0.717) is 46.4 Å². The van der Waals surface area contributed by atoms with Crippen LogP contribution < -0.4 is 35.0 Å². The molecule has 0 aromatic heterocycles. The molecule has 0 bridgehead atoms. The van der Waals surface area contributed by atoms with Crippen molar-refractivity contribution < 1.29 is 38.4 Å². The molecule has 12 nitrogen and oxygen atoms in total. The first kappa shape index (κ1) is 29.8. The molecule has 0 fully saturated rings. The van der Waals surface area contributed by atoms with Gasteiger partial charge in [-0.05, 0) is 66.3 Å². The Balaban J connectivity index is 1.72. The SMILES string of the molecule is CCOc1cc([C@H]2NC(=O)NC(C)=C2C(=O)OC)ccc1OC[C@H](O)N/N=C/c1cc(I)cc(OC)c1OC. The van der Waals surface area contributed by atoms with E-state index in [-0.39, 0.29) is 12.2 Å². The molecule has 13 heteroatoms. The molecule has 0 unspecified atom stereocenters.